The van der Waals surface area contributed by atoms with Crippen LogP contribution in [0.15, 0.2) is 28.7 Å². The molecule has 4 nitrogen and oxygen atoms in total. The molecular weight excluding hydrogens is 270 g/mol. The Morgan fingerprint density at radius 1 is 1.44 bits per heavy atom. The smallest absolute Gasteiger partial charge is 0.162 e. The number of methoxy groups -OCH3 is 1. The molecular formula is C11H8BrN3O. The number of rotatable bonds is 2. The third-order valence-corrected chi connectivity index (χ3v) is 2.64. The molecule has 5 heteroatoms. The van der Waals surface area contributed by atoms with Gasteiger partial charge in [-0.3, -0.25) is 5.10 Å². The van der Waals surface area contributed by atoms with Gasteiger partial charge in [0.05, 0.1) is 12.8 Å². The van der Waals surface area contributed by atoms with Gasteiger partial charge in [-0.2, -0.15) is 10.4 Å². The molecule has 0 bridgehead atoms. The number of aromatic nitrogens is 2. The average molecular weight is 278 g/mol. The van der Waals surface area contributed by atoms with E-state index in [-0.39, 0.29) is 0 Å². The summed E-state index contributed by atoms with van der Waals surface area (Å²) in [7, 11) is 1.61. The van der Waals surface area contributed by atoms with Crippen LogP contribution in [0.5, 0.6) is 5.75 Å². The van der Waals surface area contributed by atoms with E-state index < -0.39 is 0 Å². The number of nitrogens with zero attached hydrogens (tertiary/aromatic N) is 2. The van der Waals surface area contributed by atoms with Crippen LogP contribution in [0.4, 0.5) is 0 Å². The van der Waals surface area contributed by atoms with Crippen molar-refractivity contribution in [2.45, 2.75) is 0 Å². The molecule has 0 aliphatic heterocycles. The molecule has 16 heavy (non-hydrogen) atoms. The predicted octanol–water partition coefficient (Wildman–Crippen LogP) is 2.72. The zero-order chi connectivity index (χ0) is 11.5. The topological polar surface area (TPSA) is 61.7 Å². The number of halogens is 1. The lowest BCUT2D eigenvalue weighted by Gasteiger charge is -2.06. The van der Waals surface area contributed by atoms with Crippen molar-refractivity contribution in [1.29, 1.82) is 5.26 Å². The normalized spacial score (nSPS) is 9.81. The molecule has 0 fully saturated rings. The molecule has 0 atom stereocenters. The van der Waals surface area contributed by atoms with Crippen LogP contribution in [0.3, 0.4) is 0 Å². The summed E-state index contributed by atoms with van der Waals surface area (Å²) in [5, 5.41) is 15.4. The fourth-order valence-electron chi connectivity index (χ4n) is 1.41. The van der Waals surface area contributed by atoms with Gasteiger partial charge in [0.25, 0.3) is 0 Å². The number of hydrogen-bond donors (Lipinski definition) is 1. The van der Waals surface area contributed by atoms with E-state index in [1.165, 1.54) is 0 Å². The Morgan fingerprint density at radius 2 is 2.25 bits per heavy atom. The van der Waals surface area contributed by atoms with Gasteiger partial charge in [0, 0.05) is 16.1 Å². The van der Waals surface area contributed by atoms with Crippen molar-refractivity contribution in [3.05, 3.63) is 34.4 Å². The second-order valence-electron chi connectivity index (χ2n) is 3.12. The third kappa shape index (κ3) is 1.92. The van der Waals surface area contributed by atoms with Crippen LogP contribution in [0, 0.1) is 11.3 Å². The summed E-state index contributed by atoms with van der Waals surface area (Å²) in [5.74, 6) is 0.733. The Morgan fingerprint density at radius 3 is 2.88 bits per heavy atom. The first-order valence-corrected chi connectivity index (χ1v) is 5.33. The summed E-state index contributed by atoms with van der Waals surface area (Å²) >= 11 is 3.39. The molecule has 1 aromatic heterocycles. The molecule has 1 aromatic carbocycles. The number of ether oxygens (including phenoxy) is 1. The van der Waals surface area contributed by atoms with Gasteiger partial charge in [-0.25, -0.2) is 0 Å². The van der Waals surface area contributed by atoms with Crippen molar-refractivity contribution in [2.24, 2.45) is 0 Å². The molecule has 80 valence electrons. The Kier molecular flexibility index (Phi) is 2.93. The fraction of sp³-hybridized carbons (Fsp3) is 0.0909. The molecule has 0 radical (unpaired) electrons. The summed E-state index contributed by atoms with van der Waals surface area (Å²) in [6.07, 6.45) is 0. The van der Waals surface area contributed by atoms with Crippen molar-refractivity contribution in [3.8, 4) is 23.1 Å². The van der Waals surface area contributed by atoms with Crippen LogP contribution in [-0.2, 0) is 0 Å². The number of hydrogen-bond acceptors (Lipinski definition) is 3. The van der Waals surface area contributed by atoms with Gasteiger partial charge in [0.15, 0.2) is 5.69 Å². The molecule has 0 spiro atoms. The summed E-state index contributed by atoms with van der Waals surface area (Å²) in [5.41, 5.74) is 1.98. The summed E-state index contributed by atoms with van der Waals surface area (Å²) in [6.45, 7) is 0. The maximum Gasteiger partial charge on any atom is 0.162 e. The highest BCUT2D eigenvalue weighted by Crippen LogP contribution is 2.31. The Balaban J connectivity index is 2.54. The standard InChI is InChI=1S/C11H8BrN3O/c1-16-11-3-2-7(12)4-9(11)10-5-8(6-13)14-15-10/h2-5H,1H3,(H,14,15). The van der Waals surface area contributed by atoms with Crippen molar-refractivity contribution < 1.29 is 4.74 Å². The molecule has 0 saturated carbocycles. The van der Waals surface area contributed by atoms with E-state index in [1.807, 2.05) is 24.3 Å². The zero-order valence-electron chi connectivity index (χ0n) is 8.49. The Hall–Kier alpha value is -1.80. The number of nitrogens with one attached hydrogen (secondary N) is 1. The molecule has 1 N–H and O–H groups in total. The highest BCUT2D eigenvalue weighted by Gasteiger charge is 2.09. The van der Waals surface area contributed by atoms with Crippen molar-refractivity contribution >= 4 is 15.9 Å². The van der Waals surface area contributed by atoms with Crippen LogP contribution in [0.25, 0.3) is 11.3 Å². The summed E-state index contributed by atoms with van der Waals surface area (Å²) in [4.78, 5) is 0. The number of H-pyrrole nitrogens is 1. The van der Waals surface area contributed by atoms with Gasteiger partial charge in [-0.15, -0.1) is 0 Å². The van der Waals surface area contributed by atoms with E-state index in [0.29, 0.717) is 5.69 Å². The molecule has 0 aliphatic rings. The lowest BCUT2D eigenvalue weighted by Crippen LogP contribution is -1.88. The van der Waals surface area contributed by atoms with Gasteiger partial charge in [0.1, 0.15) is 11.8 Å². The molecule has 0 unspecified atom stereocenters. The monoisotopic (exact) mass is 277 g/mol. The molecule has 1 heterocycles. The molecule has 0 amide bonds. The van der Waals surface area contributed by atoms with E-state index in [4.69, 9.17) is 10.00 Å². The van der Waals surface area contributed by atoms with E-state index in [0.717, 1.165) is 21.5 Å². The molecule has 0 saturated heterocycles. The second kappa shape index (κ2) is 4.37. The van der Waals surface area contributed by atoms with Gasteiger partial charge >= 0.3 is 0 Å². The molecule has 0 aliphatic carbocycles. The largest absolute Gasteiger partial charge is 0.496 e. The van der Waals surface area contributed by atoms with Gasteiger partial charge in [-0.1, -0.05) is 15.9 Å². The van der Waals surface area contributed by atoms with Gasteiger partial charge in [0.2, 0.25) is 0 Å². The highest BCUT2D eigenvalue weighted by atomic mass is 79.9. The molecule has 2 aromatic rings. The van der Waals surface area contributed by atoms with E-state index in [1.54, 1.807) is 13.2 Å². The van der Waals surface area contributed by atoms with Gasteiger partial charge < -0.3 is 4.74 Å². The third-order valence-electron chi connectivity index (χ3n) is 2.14. The van der Waals surface area contributed by atoms with Crippen LogP contribution in [-0.4, -0.2) is 17.3 Å². The number of aromatic amines is 1. The summed E-state index contributed by atoms with van der Waals surface area (Å²) < 4.78 is 6.19. The van der Waals surface area contributed by atoms with Crippen LogP contribution >= 0.6 is 15.9 Å². The SMILES string of the molecule is COc1ccc(Br)cc1-c1cc(C#N)n[nH]1. The average Bonchev–Trinajstić information content (AvgIpc) is 2.77. The van der Waals surface area contributed by atoms with Crippen LogP contribution < -0.4 is 4.74 Å². The highest BCUT2D eigenvalue weighted by molar-refractivity contribution is 9.10. The lowest BCUT2D eigenvalue weighted by molar-refractivity contribution is 0.416. The Labute approximate surface area is 101 Å². The van der Waals surface area contributed by atoms with E-state index in [9.17, 15) is 0 Å². The van der Waals surface area contributed by atoms with E-state index in [2.05, 4.69) is 26.1 Å². The van der Waals surface area contributed by atoms with Crippen molar-refractivity contribution in [2.75, 3.05) is 7.11 Å². The minimum Gasteiger partial charge on any atom is -0.496 e. The second-order valence-corrected chi connectivity index (χ2v) is 4.04. The number of nitriles is 1. The lowest BCUT2D eigenvalue weighted by atomic mass is 10.1. The van der Waals surface area contributed by atoms with Crippen LogP contribution in [0.1, 0.15) is 5.69 Å². The quantitative estimate of drug-likeness (QED) is 0.918. The Bertz CT molecular complexity index is 557. The molecule has 2 rings (SSSR count). The first-order chi connectivity index (χ1) is 7.74. The van der Waals surface area contributed by atoms with Crippen molar-refractivity contribution in [3.63, 3.8) is 0 Å². The maximum absolute atomic E-state index is 8.71. The number of benzene rings is 1. The fourth-order valence-corrected chi connectivity index (χ4v) is 1.77. The zero-order valence-corrected chi connectivity index (χ0v) is 10.1. The summed E-state index contributed by atoms with van der Waals surface area (Å²) in [6, 6.07) is 9.32. The van der Waals surface area contributed by atoms with Gasteiger partial charge in [-0.05, 0) is 18.2 Å². The first-order valence-electron chi connectivity index (χ1n) is 4.54. The first kappa shape index (κ1) is 10.7. The minimum absolute atomic E-state index is 0.358. The van der Waals surface area contributed by atoms with Crippen molar-refractivity contribution in [1.82, 2.24) is 10.2 Å². The van der Waals surface area contributed by atoms with E-state index >= 15 is 0 Å². The maximum atomic E-state index is 8.71. The minimum atomic E-state index is 0.358. The predicted molar refractivity (Wildman–Crippen MR) is 63.0 cm³/mol. The van der Waals surface area contributed by atoms with Crippen LogP contribution in [0.2, 0.25) is 0 Å².